The van der Waals surface area contributed by atoms with Gasteiger partial charge in [0, 0.05) is 26.4 Å². The van der Waals surface area contributed by atoms with Crippen molar-refractivity contribution in [2.75, 3.05) is 21.3 Å². The van der Waals surface area contributed by atoms with E-state index in [1.807, 2.05) is 66.7 Å². The molecule has 47 heavy (non-hydrogen) atoms. The minimum absolute atomic E-state index is 0.172. The molecule has 6 aromatic rings. The average molecular weight is 757 g/mol. The first-order chi connectivity index (χ1) is 22.8. The van der Waals surface area contributed by atoms with Crippen LogP contribution in [0.25, 0.3) is 32.8 Å². The molecule has 1 heterocycles. The van der Waals surface area contributed by atoms with Crippen LogP contribution in [0.2, 0.25) is 0 Å². The Labute approximate surface area is 286 Å². The van der Waals surface area contributed by atoms with E-state index in [0.717, 1.165) is 32.8 Å². The van der Waals surface area contributed by atoms with Gasteiger partial charge in [-0.1, -0.05) is 82.7 Å². The molecule has 6 rings (SSSR count). The van der Waals surface area contributed by atoms with E-state index in [1.54, 1.807) is 12.1 Å². The lowest BCUT2D eigenvalue weighted by Gasteiger charge is -2.15. The minimum Gasteiger partial charge on any atom is -0.493 e. The second-order valence-corrected chi connectivity index (χ2v) is 12.0. The number of ether oxygens (including phenoxy) is 4. The number of rotatable bonds is 9. The Balaban J connectivity index is 1.32. The van der Waals surface area contributed by atoms with Crippen molar-refractivity contribution in [2.24, 2.45) is 5.10 Å². The summed E-state index contributed by atoms with van der Waals surface area (Å²) in [6, 6.07) is 28.2. The van der Waals surface area contributed by atoms with Gasteiger partial charge in [0.25, 0.3) is 5.91 Å². The summed E-state index contributed by atoms with van der Waals surface area (Å²) in [5, 5.41) is 7.23. The second-order valence-electron chi connectivity index (χ2n) is 10.3. The number of amides is 1. The van der Waals surface area contributed by atoms with Crippen molar-refractivity contribution < 1.29 is 28.5 Å². The number of fused-ring (bicyclic) bond motifs is 3. The van der Waals surface area contributed by atoms with Crippen molar-refractivity contribution in [1.29, 1.82) is 0 Å². The lowest BCUT2D eigenvalue weighted by atomic mass is 9.99. The van der Waals surface area contributed by atoms with E-state index in [4.69, 9.17) is 18.9 Å². The number of H-pyrrole nitrogens is 1. The highest BCUT2D eigenvalue weighted by molar-refractivity contribution is 9.11. The Bertz CT molecular complexity index is 2150. The Morgan fingerprint density at radius 1 is 0.787 bits per heavy atom. The fraction of sp³-hybridized carbons (Fsp3) is 0.0833. The van der Waals surface area contributed by atoms with E-state index in [0.29, 0.717) is 37.5 Å². The number of carbonyl (C=O) groups excluding carboxylic acids is 2. The van der Waals surface area contributed by atoms with Gasteiger partial charge in [0.2, 0.25) is 5.75 Å². The third-order valence-electron chi connectivity index (χ3n) is 7.49. The molecule has 0 aliphatic carbocycles. The molecule has 9 nitrogen and oxygen atoms in total. The van der Waals surface area contributed by atoms with Crippen LogP contribution in [-0.4, -0.2) is 44.4 Å². The maximum Gasteiger partial charge on any atom is 0.343 e. The van der Waals surface area contributed by atoms with Crippen molar-refractivity contribution in [3.63, 3.8) is 0 Å². The van der Waals surface area contributed by atoms with Gasteiger partial charge in [0.1, 0.15) is 5.69 Å². The zero-order valence-electron chi connectivity index (χ0n) is 25.4. The van der Waals surface area contributed by atoms with Crippen molar-refractivity contribution in [3.05, 3.63) is 117 Å². The van der Waals surface area contributed by atoms with Gasteiger partial charge < -0.3 is 23.9 Å². The number of nitrogens with one attached hydrogen (secondary N) is 2. The molecule has 0 bridgehead atoms. The van der Waals surface area contributed by atoms with E-state index >= 15 is 0 Å². The number of nitrogens with zero attached hydrogens (tertiary/aromatic N) is 1. The monoisotopic (exact) mass is 755 g/mol. The lowest BCUT2D eigenvalue weighted by molar-refractivity contribution is 0.0732. The highest BCUT2D eigenvalue weighted by Gasteiger charge is 2.22. The molecule has 0 atom stereocenters. The van der Waals surface area contributed by atoms with Gasteiger partial charge in [-0.3, -0.25) is 4.79 Å². The van der Waals surface area contributed by atoms with Crippen LogP contribution in [0.1, 0.15) is 26.4 Å². The second kappa shape index (κ2) is 13.7. The number of hydrogen-bond acceptors (Lipinski definition) is 7. The summed E-state index contributed by atoms with van der Waals surface area (Å²) in [6.07, 6.45) is 1.41. The van der Waals surface area contributed by atoms with Gasteiger partial charge in [0.05, 0.1) is 43.1 Å². The summed E-state index contributed by atoms with van der Waals surface area (Å²) < 4.78 is 23.1. The summed E-state index contributed by atoms with van der Waals surface area (Å²) in [6.45, 7) is 0. The molecule has 0 radical (unpaired) electrons. The van der Waals surface area contributed by atoms with Crippen molar-refractivity contribution in [3.8, 4) is 34.1 Å². The standard InChI is InChI=1S/C36H27Br2N3O6/c1-44-28-16-22(17-29(45-2)34(28)46-3)36(43)47-33-23(15-24(37)18-27(33)38)19-39-41-35(42)32-30(21-10-5-4-6-11-21)26-14-13-20-9-7-8-12-25(20)31(26)40-32/h4-19,40H,1-3H3,(H,41,42). The fourth-order valence-corrected chi connectivity index (χ4v) is 6.70. The van der Waals surface area contributed by atoms with Crippen LogP contribution in [0.4, 0.5) is 0 Å². The predicted octanol–water partition coefficient (Wildman–Crippen LogP) is 8.52. The number of benzene rings is 5. The predicted molar refractivity (Wildman–Crippen MR) is 189 cm³/mol. The molecule has 0 unspecified atom stereocenters. The Morgan fingerprint density at radius 3 is 2.19 bits per heavy atom. The first kappa shape index (κ1) is 31.8. The maximum absolute atomic E-state index is 13.7. The summed E-state index contributed by atoms with van der Waals surface area (Å²) in [4.78, 5) is 30.4. The number of halogens is 2. The smallest absolute Gasteiger partial charge is 0.343 e. The van der Waals surface area contributed by atoms with E-state index in [1.165, 1.54) is 39.7 Å². The van der Waals surface area contributed by atoms with Gasteiger partial charge >= 0.3 is 5.97 Å². The van der Waals surface area contributed by atoms with Crippen LogP contribution in [0.15, 0.2) is 105 Å². The van der Waals surface area contributed by atoms with E-state index < -0.39 is 11.9 Å². The molecular weight excluding hydrogens is 730 g/mol. The molecule has 236 valence electrons. The van der Waals surface area contributed by atoms with Crippen LogP contribution in [0.5, 0.6) is 23.0 Å². The van der Waals surface area contributed by atoms with E-state index in [9.17, 15) is 9.59 Å². The van der Waals surface area contributed by atoms with Crippen LogP contribution in [0.3, 0.4) is 0 Å². The number of aromatic amines is 1. The number of hydrogen-bond donors (Lipinski definition) is 2. The van der Waals surface area contributed by atoms with Crippen molar-refractivity contribution in [2.45, 2.75) is 0 Å². The average Bonchev–Trinajstić information content (AvgIpc) is 3.49. The molecule has 5 aromatic carbocycles. The van der Waals surface area contributed by atoms with Gasteiger partial charge in [-0.15, -0.1) is 0 Å². The molecule has 0 spiro atoms. The molecule has 0 saturated carbocycles. The maximum atomic E-state index is 13.7. The highest BCUT2D eigenvalue weighted by atomic mass is 79.9. The summed E-state index contributed by atoms with van der Waals surface area (Å²) in [7, 11) is 4.40. The number of aromatic nitrogens is 1. The van der Waals surface area contributed by atoms with E-state index in [2.05, 4.69) is 47.4 Å². The molecule has 2 N–H and O–H groups in total. The molecule has 0 fully saturated rings. The molecule has 0 aliphatic heterocycles. The first-order valence-corrected chi connectivity index (χ1v) is 15.8. The Kier molecular flexibility index (Phi) is 9.28. The Hall–Kier alpha value is -5.13. The third-order valence-corrected chi connectivity index (χ3v) is 8.54. The normalized spacial score (nSPS) is 11.2. The number of hydrazone groups is 1. The molecule has 0 aliphatic rings. The quantitative estimate of drug-likeness (QED) is 0.0663. The zero-order valence-corrected chi connectivity index (χ0v) is 28.6. The zero-order chi connectivity index (χ0) is 33.1. The van der Waals surface area contributed by atoms with Crippen molar-refractivity contribution in [1.82, 2.24) is 10.4 Å². The van der Waals surface area contributed by atoms with Gasteiger partial charge in [-0.05, 0) is 51.1 Å². The summed E-state index contributed by atoms with van der Waals surface area (Å²) >= 11 is 6.95. The summed E-state index contributed by atoms with van der Waals surface area (Å²) in [5.41, 5.74) is 6.10. The van der Waals surface area contributed by atoms with Gasteiger partial charge in [0.15, 0.2) is 17.2 Å². The first-order valence-electron chi connectivity index (χ1n) is 14.3. The Morgan fingerprint density at radius 2 is 1.49 bits per heavy atom. The minimum atomic E-state index is -0.677. The number of methoxy groups -OCH3 is 3. The third kappa shape index (κ3) is 6.32. The van der Waals surface area contributed by atoms with Crippen LogP contribution >= 0.6 is 31.9 Å². The topological polar surface area (TPSA) is 111 Å². The van der Waals surface area contributed by atoms with Crippen molar-refractivity contribution >= 4 is 71.6 Å². The fourth-order valence-electron chi connectivity index (χ4n) is 5.36. The van der Waals surface area contributed by atoms with Crippen LogP contribution < -0.4 is 24.4 Å². The lowest BCUT2D eigenvalue weighted by Crippen LogP contribution is -2.19. The van der Waals surface area contributed by atoms with E-state index in [-0.39, 0.29) is 11.3 Å². The molecule has 1 aromatic heterocycles. The number of carbonyl (C=O) groups is 2. The summed E-state index contributed by atoms with van der Waals surface area (Å²) in [5.74, 6) is 0.0238. The van der Waals surface area contributed by atoms with Gasteiger partial charge in [-0.25, -0.2) is 10.2 Å². The SMILES string of the molecule is COc1cc(C(=O)Oc2c(Br)cc(Br)cc2C=NNC(=O)c2[nH]c3c(ccc4ccccc43)c2-c2ccccc2)cc(OC)c1OC. The van der Waals surface area contributed by atoms with Gasteiger partial charge in [-0.2, -0.15) is 5.10 Å². The highest BCUT2D eigenvalue weighted by Crippen LogP contribution is 2.40. The molecular formula is C36H27Br2N3O6. The molecule has 0 saturated heterocycles. The van der Waals surface area contributed by atoms with Crippen LogP contribution in [0, 0.1) is 0 Å². The molecule has 1 amide bonds. The van der Waals surface area contributed by atoms with Crippen LogP contribution in [-0.2, 0) is 0 Å². The largest absolute Gasteiger partial charge is 0.493 e. The number of esters is 1. The molecule has 11 heteroatoms.